The van der Waals surface area contributed by atoms with E-state index in [2.05, 4.69) is 24.0 Å². The first-order valence-corrected chi connectivity index (χ1v) is 6.81. The molecule has 0 aliphatic rings. The molecule has 0 fully saturated rings. The molecule has 0 amide bonds. The lowest BCUT2D eigenvalue weighted by Gasteiger charge is -2.13. The number of fused-ring (bicyclic) bond motifs is 1. The number of pyridine rings is 1. The monoisotopic (exact) mass is 258 g/mol. The van der Waals surface area contributed by atoms with Crippen LogP contribution in [-0.2, 0) is 6.42 Å². The van der Waals surface area contributed by atoms with Crippen molar-refractivity contribution in [2.24, 2.45) is 5.73 Å². The third-order valence-corrected chi connectivity index (χ3v) is 3.46. The molecule has 0 atom stereocenters. The summed E-state index contributed by atoms with van der Waals surface area (Å²) < 4.78 is 5.44. The molecule has 0 unspecified atom stereocenters. The summed E-state index contributed by atoms with van der Waals surface area (Å²) >= 11 is 0. The number of rotatable bonds is 5. The first kappa shape index (κ1) is 13.8. The van der Waals surface area contributed by atoms with Gasteiger partial charge in [0.2, 0.25) is 0 Å². The summed E-state index contributed by atoms with van der Waals surface area (Å²) in [4.78, 5) is 4.65. The van der Waals surface area contributed by atoms with Crippen LogP contribution in [0.1, 0.15) is 29.7 Å². The minimum atomic E-state index is 0.754. The summed E-state index contributed by atoms with van der Waals surface area (Å²) in [6.07, 6.45) is 3.22. The summed E-state index contributed by atoms with van der Waals surface area (Å²) in [6, 6.07) is 6.31. The lowest BCUT2D eigenvalue weighted by molar-refractivity contribution is 0.418. The normalized spacial score (nSPS) is 10.9. The van der Waals surface area contributed by atoms with Gasteiger partial charge in [0.1, 0.15) is 11.3 Å². The van der Waals surface area contributed by atoms with E-state index in [9.17, 15) is 0 Å². The van der Waals surface area contributed by atoms with Gasteiger partial charge in [0.05, 0.1) is 7.11 Å². The van der Waals surface area contributed by atoms with Gasteiger partial charge in [-0.3, -0.25) is 0 Å². The Morgan fingerprint density at radius 1 is 1.21 bits per heavy atom. The Labute approximate surface area is 114 Å². The zero-order valence-corrected chi connectivity index (χ0v) is 12.0. The Hall–Kier alpha value is -1.61. The predicted molar refractivity (Wildman–Crippen MR) is 79.8 cm³/mol. The van der Waals surface area contributed by atoms with Crippen molar-refractivity contribution in [3.8, 4) is 5.75 Å². The van der Waals surface area contributed by atoms with Crippen LogP contribution in [0, 0.1) is 13.8 Å². The molecule has 2 rings (SSSR count). The van der Waals surface area contributed by atoms with Crippen molar-refractivity contribution in [2.75, 3.05) is 13.7 Å². The minimum absolute atomic E-state index is 0.754. The number of unbranched alkanes of at least 4 members (excludes halogenated alkanes) is 1. The van der Waals surface area contributed by atoms with Crippen molar-refractivity contribution < 1.29 is 4.74 Å². The van der Waals surface area contributed by atoms with E-state index in [0.29, 0.717) is 0 Å². The topological polar surface area (TPSA) is 48.1 Å². The highest BCUT2D eigenvalue weighted by atomic mass is 16.5. The summed E-state index contributed by atoms with van der Waals surface area (Å²) in [5.41, 5.74) is 10.2. The van der Waals surface area contributed by atoms with Crippen molar-refractivity contribution in [1.29, 1.82) is 0 Å². The predicted octanol–water partition coefficient (Wildman–Crippen LogP) is 3.14. The molecule has 0 radical (unpaired) electrons. The second-order valence-corrected chi connectivity index (χ2v) is 4.98. The maximum absolute atomic E-state index is 5.57. The smallest absolute Gasteiger partial charge is 0.145 e. The molecule has 0 spiro atoms. The van der Waals surface area contributed by atoms with E-state index in [0.717, 1.165) is 42.8 Å². The average Bonchev–Trinajstić information content (AvgIpc) is 2.38. The van der Waals surface area contributed by atoms with Gasteiger partial charge in [-0.05, 0) is 62.9 Å². The molecule has 102 valence electrons. The van der Waals surface area contributed by atoms with Crippen molar-refractivity contribution in [2.45, 2.75) is 33.1 Å². The number of nitrogens with two attached hydrogens (primary N) is 1. The van der Waals surface area contributed by atoms with E-state index in [1.54, 1.807) is 7.11 Å². The van der Waals surface area contributed by atoms with Crippen LogP contribution in [0.2, 0.25) is 0 Å². The molecule has 2 N–H and O–H groups in total. The average molecular weight is 258 g/mol. The Morgan fingerprint density at radius 3 is 2.68 bits per heavy atom. The maximum atomic E-state index is 5.57. The zero-order chi connectivity index (χ0) is 13.8. The van der Waals surface area contributed by atoms with Crippen LogP contribution in [0.3, 0.4) is 0 Å². The van der Waals surface area contributed by atoms with Crippen molar-refractivity contribution in [3.05, 3.63) is 35.0 Å². The highest BCUT2D eigenvalue weighted by molar-refractivity contribution is 5.90. The van der Waals surface area contributed by atoms with Gasteiger partial charge in [-0.15, -0.1) is 0 Å². The summed E-state index contributed by atoms with van der Waals surface area (Å²) in [6.45, 7) is 4.92. The van der Waals surface area contributed by atoms with Crippen LogP contribution >= 0.6 is 0 Å². The Bertz CT molecular complexity index is 578. The summed E-state index contributed by atoms with van der Waals surface area (Å²) in [5.74, 6) is 0.851. The Balaban J connectivity index is 2.54. The number of nitrogens with zero attached hydrogens (tertiary/aromatic N) is 1. The first-order valence-electron chi connectivity index (χ1n) is 6.81. The Morgan fingerprint density at radius 2 is 2.00 bits per heavy atom. The molecule has 2 aromatic rings. The minimum Gasteiger partial charge on any atom is -0.494 e. The molecule has 0 saturated heterocycles. The lowest BCUT2D eigenvalue weighted by Crippen LogP contribution is -2.00. The zero-order valence-electron chi connectivity index (χ0n) is 12.0. The van der Waals surface area contributed by atoms with Gasteiger partial charge >= 0.3 is 0 Å². The van der Waals surface area contributed by atoms with Crippen LogP contribution in [0.25, 0.3) is 10.9 Å². The Kier molecular flexibility index (Phi) is 4.38. The molecule has 1 aromatic carbocycles. The highest BCUT2D eigenvalue weighted by Gasteiger charge is 2.10. The number of aromatic nitrogens is 1. The van der Waals surface area contributed by atoms with Crippen LogP contribution in [0.4, 0.5) is 0 Å². The fraction of sp³-hybridized carbons (Fsp3) is 0.438. The molecular weight excluding hydrogens is 236 g/mol. The third kappa shape index (κ3) is 2.87. The van der Waals surface area contributed by atoms with Gasteiger partial charge in [0.15, 0.2) is 0 Å². The molecule has 3 nitrogen and oxygen atoms in total. The third-order valence-electron chi connectivity index (χ3n) is 3.46. The van der Waals surface area contributed by atoms with Gasteiger partial charge in [-0.25, -0.2) is 4.98 Å². The number of hydrogen-bond acceptors (Lipinski definition) is 3. The molecule has 1 aromatic heterocycles. The van der Waals surface area contributed by atoms with Crippen LogP contribution in [-0.4, -0.2) is 18.6 Å². The van der Waals surface area contributed by atoms with E-state index in [1.165, 1.54) is 16.5 Å². The van der Waals surface area contributed by atoms with E-state index in [1.807, 2.05) is 13.0 Å². The maximum Gasteiger partial charge on any atom is 0.145 e. The summed E-state index contributed by atoms with van der Waals surface area (Å²) in [5, 5.41) is 1.24. The fourth-order valence-electron chi connectivity index (χ4n) is 2.59. The molecule has 0 aliphatic heterocycles. The van der Waals surface area contributed by atoms with E-state index >= 15 is 0 Å². The molecule has 3 heteroatoms. The quantitative estimate of drug-likeness (QED) is 0.838. The highest BCUT2D eigenvalue weighted by Crippen LogP contribution is 2.30. The van der Waals surface area contributed by atoms with Gasteiger partial charge in [-0.1, -0.05) is 6.07 Å². The van der Waals surface area contributed by atoms with Crippen LogP contribution in [0.15, 0.2) is 18.2 Å². The standard InChI is InChI=1S/C16H22N2O/c1-11-10-12(2)18-16-14(19-3)8-7-13(15(11)16)6-4-5-9-17/h7-8,10H,4-6,9,17H2,1-3H3. The molecule has 1 heterocycles. The number of ether oxygens (including phenoxy) is 1. The van der Waals surface area contributed by atoms with Gasteiger partial charge in [-0.2, -0.15) is 0 Å². The number of benzene rings is 1. The number of aryl methyl sites for hydroxylation is 3. The second-order valence-electron chi connectivity index (χ2n) is 4.98. The number of methoxy groups -OCH3 is 1. The van der Waals surface area contributed by atoms with Crippen LogP contribution < -0.4 is 10.5 Å². The molecular formula is C16H22N2O. The van der Waals surface area contributed by atoms with Crippen molar-refractivity contribution >= 4 is 10.9 Å². The molecule has 0 bridgehead atoms. The fourth-order valence-corrected chi connectivity index (χ4v) is 2.59. The molecule has 0 saturated carbocycles. The first-order chi connectivity index (χ1) is 9.17. The van der Waals surface area contributed by atoms with Crippen molar-refractivity contribution in [3.63, 3.8) is 0 Å². The summed E-state index contributed by atoms with van der Waals surface area (Å²) in [7, 11) is 1.70. The second kappa shape index (κ2) is 6.02. The number of hydrogen-bond donors (Lipinski definition) is 1. The van der Waals surface area contributed by atoms with Gasteiger partial charge in [0, 0.05) is 11.1 Å². The van der Waals surface area contributed by atoms with Gasteiger partial charge in [0.25, 0.3) is 0 Å². The SMILES string of the molecule is COc1ccc(CCCCN)c2c(C)cc(C)nc12. The van der Waals surface area contributed by atoms with E-state index < -0.39 is 0 Å². The van der Waals surface area contributed by atoms with E-state index in [4.69, 9.17) is 10.5 Å². The van der Waals surface area contributed by atoms with E-state index in [-0.39, 0.29) is 0 Å². The molecule has 19 heavy (non-hydrogen) atoms. The largest absolute Gasteiger partial charge is 0.494 e. The van der Waals surface area contributed by atoms with Crippen molar-refractivity contribution in [1.82, 2.24) is 4.98 Å². The lowest BCUT2D eigenvalue weighted by atomic mass is 9.98. The van der Waals surface area contributed by atoms with Gasteiger partial charge < -0.3 is 10.5 Å². The van der Waals surface area contributed by atoms with Crippen LogP contribution in [0.5, 0.6) is 5.75 Å². The molecule has 0 aliphatic carbocycles.